The first-order valence-electron chi connectivity index (χ1n) is 11.7. The lowest BCUT2D eigenvalue weighted by molar-refractivity contribution is -0.0443. The Morgan fingerprint density at radius 3 is 1.10 bits per heavy atom. The van der Waals surface area contributed by atoms with Crippen molar-refractivity contribution in [3.63, 3.8) is 0 Å². The molecule has 1 nitrogen and oxygen atoms in total. The summed E-state index contributed by atoms with van der Waals surface area (Å²) in [6, 6.07) is 13.3. The van der Waals surface area contributed by atoms with Crippen molar-refractivity contribution >= 4 is 0 Å². The van der Waals surface area contributed by atoms with Gasteiger partial charge in [-0.2, -0.15) is 0 Å². The molecular formula is C28H42O. The third-order valence-corrected chi connectivity index (χ3v) is 6.76. The summed E-state index contributed by atoms with van der Waals surface area (Å²) >= 11 is 0. The number of hydrogen-bond acceptors (Lipinski definition) is 1. The van der Waals surface area contributed by atoms with Crippen LogP contribution in [0.15, 0.2) is 36.4 Å². The molecule has 0 heterocycles. The molecule has 0 amide bonds. The molecular weight excluding hydrogens is 352 g/mol. The molecule has 2 aromatic carbocycles. The zero-order chi connectivity index (χ0) is 21.6. The molecule has 0 saturated heterocycles. The normalized spacial score (nSPS) is 15.7. The molecule has 0 N–H and O–H groups in total. The average molecular weight is 395 g/mol. The van der Waals surface area contributed by atoms with E-state index in [4.69, 9.17) is 4.74 Å². The van der Waals surface area contributed by atoms with Crippen LogP contribution in [0.2, 0.25) is 0 Å². The predicted molar refractivity (Wildman–Crippen MR) is 127 cm³/mol. The van der Waals surface area contributed by atoms with Crippen LogP contribution in [0.5, 0.6) is 0 Å². The highest BCUT2D eigenvalue weighted by Crippen LogP contribution is 2.37. The second-order valence-corrected chi connectivity index (χ2v) is 8.67. The van der Waals surface area contributed by atoms with Gasteiger partial charge in [0.25, 0.3) is 0 Å². The molecule has 4 atom stereocenters. The van der Waals surface area contributed by atoms with E-state index in [-0.39, 0.29) is 12.2 Å². The molecule has 0 aliphatic heterocycles. The van der Waals surface area contributed by atoms with E-state index in [2.05, 4.69) is 91.8 Å². The second kappa shape index (κ2) is 11.0. The number of benzene rings is 2. The Balaban J connectivity index is 2.37. The highest BCUT2D eigenvalue weighted by atomic mass is 16.5. The standard InChI is InChI=1S/C28H42O/c1-9-23(27-19(5)15-13-16-20(27)6)25(11-3)29-26(12-4)24(10-2)28-21(7)17-14-18-22(28)8/h13-18,23-26H,9-12H2,1-8H3. The lowest BCUT2D eigenvalue weighted by atomic mass is 9.82. The maximum absolute atomic E-state index is 6.98. The van der Waals surface area contributed by atoms with E-state index in [1.807, 2.05) is 0 Å². The van der Waals surface area contributed by atoms with E-state index >= 15 is 0 Å². The molecule has 2 aromatic rings. The maximum atomic E-state index is 6.98. The van der Waals surface area contributed by atoms with Gasteiger partial charge in [-0.1, -0.05) is 64.1 Å². The third kappa shape index (κ3) is 5.31. The van der Waals surface area contributed by atoms with Crippen LogP contribution in [0.1, 0.15) is 98.6 Å². The van der Waals surface area contributed by atoms with Crippen molar-refractivity contribution < 1.29 is 4.74 Å². The van der Waals surface area contributed by atoms with E-state index < -0.39 is 0 Å². The monoisotopic (exact) mass is 394 g/mol. The molecule has 0 spiro atoms. The summed E-state index contributed by atoms with van der Waals surface area (Å²) in [5, 5.41) is 0. The minimum Gasteiger partial charge on any atom is -0.374 e. The molecule has 160 valence electrons. The summed E-state index contributed by atoms with van der Waals surface area (Å²) in [5.74, 6) is 0.899. The SMILES string of the molecule is CCC(OC(CC)C(CC)c1c(C)cccc1C)C(CC)c1c(C)cccc1C. The Morgan fingerprint density at radius 1 is 0.552 bits per heavy atom. The highest BCUT2D eigenvalue weighted by Gasteiger charge is 2.30. The Bertz CT molecular complexity index is 670. The van der Waals surface area contributed by atoms with Crippen molar-refractivity contribution in [2.24, 2.45) is 0 Å². The highest BCUT2D eigenvalue weighted by molar-refractivity contribution is 5.38. The first-order valence-corrected chi connectivity index (χ1v) is 11.7. The van der Waals surface area contributed by atoms with Crippen molar-refractivity contribution in [2.75, 3.05) is 0 Å². The van der Waals surface area contributed by atoms with Crippen molar-refractivity contribution in [2.45, 2.75) is 105 Å². The van der Waals surface area contributed by atoms with Crippen molar-refractivity contribution in [1.29, 1.82) is 0 Å². The molecule has 0 aliphatic rings. The lowest BCUT2D eigenvalue weighted by Crippen LogP contribution is -2.32. The first-order chi connectivity index (χ1) is 13.9. The molecule has 4 unspecified atom stereocenters. The summed E-state index contributed by atoms with van der Waals surface area (Å²) in [6.45, 7) is 18.2. The summed E-state index contributed by atoms with van der Waals surface area (Å²) in [4.78, 5) is 0. The van der Waals surface area contributed by atoms with Gasteiger partial charge in [-0.25, -0.2) is 0 Å². The smallest absolute Gasteiger partial charge is 0.0645 e. The molecule has 0 bridgehead atoms. The molecule has 0 radical (unpaired) electrons. The van der Waals surface area contributed by atoms with E-state index in [0.717, 1.165) is 25.7 Å². The fourth-order valence-corrected chi connectivity index (χ4v) is 5.31. The van der Waals surface area contributed by atoms with Crippen LogP contribution in [0.25, 0.3) is 0 Å². The van der Waals surface area contributed by atoms with Gasteiger partial charge in [0.1, 0.15) is 0 Å². The molecule has 0 aliphatic carbocycles. The van der Waals surface area contributed by atoms with Crippen LogP contribution in [0.3, 0.4) is 0 Å². The van der Waals surface area contributed by atoms with Crippen LogP contribution >= 0.6 is 0 Å². The summed E-state index contributed by atoms with van der Waals surface area (Å²) in [5.41, 5.74) is 8.58. The van der Waals surface area contributed by atoms with Gasteiger partial charge in [-0.05, 0) is 86.8 Å². The number of ether oxygens (including phenoxy) is 1. The van der Waals surface area contributed by atoms with Crippen molar-refractivity contribution in [1.82, 2.24) is 0 Å². The van der Waals surface area contributed by atoms with Crippen molar-refractivity contribution in [3.8, 4) is 0 Å². The second-order valence-electron chi connectivity index (χ2n) is 8.67. The van der Waals surface area contributed by atoms with Gasteiger partial charge in [-0.15, -0.1) is 0 Å². The van der Waals surface area contributed by atoms with Gasteiger partial charge in [0.15, 0.2) is 0 Å². The fourth-order valence-electron chi connectivity index (χ4n) is 5.31. The van der Waals surface area contributed by atoms with E-state index in [1.165, 1.54) is 33.4 Å². The van der Waals surface area contributed by atoms with E-state index in [9.17, 15) is 0 Å². The van der Waals surface area contributed by atoms with Crippen LogP contribution in [0.4, 0.5) is 0 Å². The largest absolute Gasteiger partial charge is 0.374 e. The quantitative estimate of drug-likeness (QED) is 0.395. The summed E-state index contributed by atoms with van der Waals surface area (Å²) < 4.78 is 6.98. The summed E-state index contributed by atoms with van der Waals surface area (Å²) in [6.07, 6.45) is 4.82. The van der Waals surface area contributed by atoms with Crippen LogP contribution in [-0.4, -0.2) is 12.2 Å². The molecule has 29 heavy (non-hydrogen) atoms. The molecule has 0 saturated carbocycles. The number of hydrogen-bond donors (Lipinski definition) is 0. The molecule has 0 aromatic heterocycles. The van der Waals surface area contributed by atoms with Gasteiger partial charge in [0.05, 0.1) is 12.2 Å². The Hall–Kier alpha value is -1.60. The number of aryl methyl sites for hydroxylation is 4. The molecule has 2 rings (SSSR count). The maximum Gasteiger partial charge on any atom is 0.0645 e. The molecule has 1 heteroatoms. The topological polar surface area (TPSA) is 9.23 Å². The summed E-state index contributed by atoms with van der Waals surface area (Å²) in [7, 11) is 0. The lowest BCUT2D eigenvalue weighted by Gasteiger charge is -2.36. The Morgan fingerprint density at radius 2 is 0.862 bits per heavy atom. The van der Waals surface area contributed by atoms with E-state index in [0.29, 0.717) is 11.8 Å². The average Bonchev–Trinajstić information content (AvgIpc) is 2.70. The zero-order valence-corrected chi connectivity index (χ0v) is 20.0. The van der Waals surface area contributed by atoms with Gasteiger partial charge in [0.2, 0.25) is 0 Å². The van der Waals surface area contributed by atoms with Crippen LogP contribution in [-0.2, 0) is 4.74 Å². The minimum absolute atomic E-state index is 0.253. The Labute approximate surface area is 179 Å². The van der Waals surface area contributed by atoms with Crippen molar-refractivity contribution in [3.05, 3.63) is 69.8 Å². The van der Waals surface area contributed by atoms with Crippen LogP contribution in [0, 0.1) is 27.7 Å². The van der Waals surface area contributed by atoms with Gasteiger partial charge >= 0.3 is 0 Å². The van der Waals surface area contributed by atoms with Gasteiger partial charge in [0, 0.05) is 11.8 Å². The molecule has 0 fully saturated rings. The zero-order valence-electron chi connectivity index (χ0n) is 20.0. The minimum atomic E-state index is 0.253. The Kier molecular flexibility index (Phi) is 8.96. The van der Waals surface area contributed by atoms with Gasteiger partial charge in [-0.3, -0.25) is 0 Å². The van der Waals surface area contributed by atoms with Crippen LogP contribution < -0.4 is 0 Å². The van der Waals surface area contributed by atoms with E-state index in [1.54, 1.807) is 0 Å². The first kappa shape index (κ1) is 23.7. The van der Waals surface area contributed by atoms with Gasteiger partial charge < -0.3 is 4.74 Å². The fraction of sp³-hybridized carbons (Fsp3) is 0.571. The number of rotatable bonds is 10. The predicted octanol–water partition coefficient (Wildman–Crippen LogP) is 8.18. The third-order valence-electron chi connectivity index (χ3n) is 6.76.